The molecule has 0 bridgehead atoms. The molecule has 1 heterocycles. The summed E-state index contributed by atoms with van der Waals surface area (Å²) in [5, 5.41) is 3.45. The summed E-state index contributed by atoms with van der Waals surface area (Å²) >= 11 is 0. The summed E-state index contributed by atoms with van der Waals surface area (Å²) in [4.78, 5) is 36.2. The average molecular weight is 315 g/mol. The standard InChI is InChI=1S/C12H17N3O7/c1-5-10(20-6(2)16)11(21-7(3)17)9(14-15-13)12(19-5)22-8(4)18/h5,9-12H,1-4H3/t5-,9-,10+,11-,12+/m1/s1. The van der Waals surface area contributed by atoms with Crippen molar-refractivity contribution >= 4 is 17.9 Å². The second-order valence-corrected chi connectivity index (χ2v) is 4.66. The molecule has 0 spiro atoms. The van der Waals surface area contributed by atoms with Crippen LogP contribution < -0.4 is 0 Å². The van der Waals surface area contributed by atoms with Crippen molar-refractivity contribution in [2.75, 3.05) is 0 Å². The van der Waals surface area contributed by atoms with Crippen molar-refractivity contribution in [1.82, 2.24) is 0 Å². The summed E-state index contributed by atoms with van der Waals surface area (Å²) in [5.41, 5.74) is 8.67. The Bertz CT molecular complexity index is 503. The third-order valence-electron chi connectivity index (χ3n) is 2.82. The van der Waals surface area contributed by atoms with Crippen LogP contribution in [-0.4, -0.2) is 48.6 Å². The van der Waals surface area contributed by atoms with Gasteiger partial charge in [-0.25, -0.2) is 0 Å². The molecule has 0 aromatic heterocycles. The highest BCUT2D eigenvalue weighted by atomic mass is 16.7. The van der Waals surface area contributed by atoms with Crippen molar-refractivity contribution in [2.24, 2.45) is 5.11 Å². The van der Waals surface area contributed by atoms with E-state index in [1.807, 2.05) is 0 Å². The third kappa shape index (κ3) is 4.61. The lowest BCUT2D eigenvalue weighted by Gasteiger charge is -2.41. The summed E-state index contributed by atoms with van der Waals surface area (Å²) in [7, 11) is 0. The lowest BCUT2D eigenvalue weighted by Crippen LogP contribution is -2.59. The first-order valence-electron chi connectivity index (χ1n) is 6.47. The van der Waals surface area contributed by atoms with Gasteiger partial charge >= 0.3 is 17.9 Å². The maximum absolute atomic E-state index is 11.3. The molecule has 122 valence electrons. The van der Waals surface area contributed by atoms with Crippen LogP contribution in [0.25, 0.3) is 10.4 Å². The Morgan fingerprint density at radius 3 is 1.95 bits per heavy atom. The van der Waals surface area contributed by atoms with E-state index in [1.54, 1.807) is 6.92 Å². The molecule has 10 heteroatoms. The van der Waals surface area contributed by atoms with Gasteiger partial charge in [-0.15, -0.1) is 0 Å². The summed E-state index contributed by atoms with van der Waals surface area (Å²) < 4.78 is 20.5. The molecule has 10 nitrogen and oxygen atoms in total. The number of hydrogen-bond acceptors (Lipinski definition) is 8. The Balaban J connectivity index is 3.16. The second kappa shape index (κ2) is 7.62. The van der Waals surface area contributed by atoms with E-state index in [4.69, 9.17) is 24.5 Å². The first-order chi connectivity index (χ1) is 10.3. The first kappa shape index (κ1) is 17.7. The number of nitrogens with zero attached hydrogens (tertiary/aromatic N) is 3. The molecule has 0 radical (unpaired) electrons. The van der Waals surface area contributed by atoms with Crippen LogP contribution >= 0.6 is 0 Å². The van der Waals surface area contributed by atoms with Crippen molar-refractivity contribution in [3.05, 3.63) is 10.4 Å². The number of azide groups is 1. The zero-order valence-corrected chi connectivity index (χ0v) is 12.6. The molecule has 0 amide bonds. The van der Waals surface area contributed by atoms with E-state index >= 15 is 0 Å². The molecule has 1 fully saturated rings. The fourth-order valence-corrected chi connectivity index (χ4v) is 2.11. The van der Waals surface area contributed by atoms with Crippen molar-refractivity contribution < 1.29 is 33.3 Å². The highest BCUT2D eigenvalue weighted by Crippen LogP contribution is 2.29. The molecule has 0 saturated carbocycles. The van der Waals surface area contributed by atoms with Crippen LogP contribution in [0.3, 0.4) is 0 Å². The summed E-state index contributed by atoms with van der Waals surface area (Å²) in [6.45, 7) is 5.03. The lowest BCUT2D eigenvalue weighted by atomic mass is 9.97. The van der Waals surface area contributed by atoms with E-state index in [-0.39, 0.29) is 0 Å². The molecular weight excluding hydrogens is 298 g/mol. The number of carbonyl (C=O) groups is 3. The molecule has 0 aliphatic carbocycles. The quantitative estimate of drug-likeness (QED) is 0.246. The van der Waals surface area contributed by atoms with Gasteiger partial charge in [-0.1, -0.05) is 5.11 Å². The normalized spacial score (nSPS) is 30.6. The minimum absolute atomic E-state index is 0.622. The van der Waals surface area contributed by atoms with Crippen LogP contribution in [0.2, 0.25) is 0 Å². The molecular formula is C12H17N3O7. The van der Waals surface area contributed by atoms with Gasteiger partial charge in [0, 0.05) is 25.7 Å². The lowest BCUT2D eigenvalue weighted by molar-refractivity contribution is -0.257. The van der Waals surface area contributed by atoms with E-state index in [9.17, 15) is 14.4 Å². The number of ether oxygens (including phenoxy) is 4. The molecule has 1 aliphatic rings. The van der Waals surface area contributed by atoms with E-state index in [0.717, 1.165) is 13.8 Å². The minimum Gasteiger partial charge on any atom is -0.458 e. The van der Waals surface area contributed by atoms with Gasteiger partial charge in [0.2, 0.25) is 6.29 Å². The molecule has 5 atom stereocenters. The molecule has 22 heavy (non-hydrogen) atoms. The maximum atomic E-state index is 11.3. The third-order valence-corrected chi connectivity index (χ3v) is 2.82. The molecule has 1 aliphatic heterocycles. The van der Waals surface area contributed by atoms with Crippen molar-refractivity contribution in [3.63, 3.8) is 0 Å². The zero-order chi connectivity index (χ0) is 16.9. The second-order valence-electron chi connectivity index (χ2n) is 4.66. The summed E-state index contributed by atoms with van der Waals surface area (Å²) in [6.07, 6.45) is -4.13. The number of esters is 3. The predicted octanol–water partition coefficient (Wildman–Crippen LogP) is 0.837. The van der Waals surface area contributed by atoms with Gasteiger partial charge in [0.05, 0.1) is 6.10 Å². The Hall–Kier alpha value is -2.32. The molecule has 0 N–H and O–H groups in total. The topological polar surface area (TPSA) is 137 Å². The number of carbonyl (C=O) groups excluding carboxylic acids is 3. The molecule has 0 aromatic rings. The van der Waals surface area contributed by atoms with Gasteiger partial charge in [0.15, 0.2) is 12.2 Å². The van der Waals surface area contributed by atoms with Gasteiger partial charge < -0.3 is 18.9 Å². The van der Waals surface area contributed by atoms with Crippen LogP contribution in [0.4, 0.5) is 0 Å². The number of hydrogen-bond donors (Lipinski definition) is 0. The van der Waals surface area contributed by atoms with Crippen molar-refractivity contribution in [1.29, 1.82) is 0 Å². The van der Waals surface area contributed by atoms with Crippen LogP contribution in [0, 0.1) is 0 Å². The van der Waals surface area contributed by atoms with Crippen LogP contribution in [0.15, 0.2) is 5.11 Å². The Morgan fingerprint density at radius 1 is 1.00 bits per heavy atom. The monoisotopic (exact) mass is 315 g/mol. The molecule has 1 rings (SSSR count). The summed E-state index contributed by atoms with van der Waals surface area (Å²) in [5.74, 6) is -1.96. The van der Waals surface area contributed by atoms with E-state index in [1.165, 1.54) is 6.92 Å². The van der Waals surface area contributed by atoms with Crippen LogP contribution in [0.1, 0.15) is 27.7 Å². The van der Waals surface area contributed by atoms with Crippen LogP contribution in [0.5, 0.6) is 0 Å². The Kier molecular flexibility index (Phi) is 6.14. The largest absolute Gasteiger partial charge is 0.458 e. The van der Waals surface area contributed by atoms with Crippen molar-refractivity contribution in [3.8, 4) is 0 Å². The fraction of sp³-hybridized carbons (Fsp3) is 0.750. The van der Waals surface area contributed by atoms with E-state index in [2.05, 4.69) is 10.0 Å². The molecule has 0 unspecified atom stereocenters. The van der Waals surface area contributed by atoms with Gasteiger partial charge in [0.25, 0.3) is 0 Å². The van der Waals surface area contributed by atoms with Gasteiger partial charge in [0.1, 0.15) is 6.04 Å². The highest BCUT2D eigenvalue weighted by molar-refractivity contribution is 5.68. The number of rotatable bonds is 4. The SMILES string of the molecule is CC(=O)O[C@@H]1O[C@H](C)[C@H](OC(C)=O)[C@H](OC(C)=O)[C@H]1N=[N+]=[N-]. The average Bonchev–Trinajstić information content (AvgIpc) is 2.36. The van der Waals surface area contributed by atoms with Gasteiger partial charge in [-0.3, -0.25) is 14.4 Å². The smallest absolute Gasteiger partial charge is 0.304 e. The highest BCUT2D eigenvalue weighted by Gasteiger charge is 2.49. The molecule has 1 saturated heterocycles. The maximum Gasteiger partial charge on any atom is 0.304 e. The zero-order valence-electron chi connectivity index (χ0n) is 12.6. The Labute approximate surface area is 126 Å². The minimum atomic E-state index is -1.25. The van der Waals surface area contributed by atoms with E-state index in [0.29, 0.717) is 0 Å². The fourth-order valence-electron chi connectivity index (χ4n) is 2.11. The Morgan fingerprint density at radius 2 is 1.50 bits per heavy atom. The summed E-state index contributed by atoms with van der Waals surface area (Å²) in [6, 6.07) is -1.18. The molecule has 0 aromatic carbocycles. The van der Waals surface area contributed by atoms with Crippen LogP contribution in [-0.2, 0) is 33.3 Å². The van der Waals surface area contributed by atoms with Gasteiger partial charge in [-0.05, 0) is 12.5 Å². The van der Waals surface area contributed by atoms with Gasteiger partial charge in [-0.2, -0.15) is 0 Å². The predicted molar refractivity (Wildman–Crippen MR) is 70.1 cm³/mol. The first-order valence-corrected chi connectivity index (χ1v) is 6.47. The van der Waals surface area contributed by atoms with Crippen molar-refractivity contribution in [2.45, 2.75) is 58.3 Å². The van der Waals surface area contributed by atoms with E-state index < -0.39 is 48.6 Å².